The molecule has 0 heterocycles. The summed E-state index contributed by atoms with van der Waals surface area (Å²) in [4.78, 5) is -0.183. The van der Waals surface area contributed by atoms with Crippen LogP contribution in [0.25, 0.3) is 0 Å². The van der Waals surface area contributed by atoms with Gasteiger partial charge >= 0.3 is 0 Å². The van der Waals surface area contributed by atoms with Gasteiger partial charge in [-0.2, -0.15) is 0 Å². The third kappa shape index (κ3) is 3.85. The fourth-order valence-corrected chi connectivity index (χ4v) is 3.61. The van der Waals surface area contributed by atoms with Crippen molar-refractivity contribution in [3.05, 3.63) is 53.6 Å². The van der Waals surface area contributed by atoms with Gasteiger partial charge in [-0.05, 0) is 61.4 Å². The number of sulfonamides is 2. The maximum absolute atomic E-state index is 12.3. The van der Waals surface area contributed by atoms with Crippen molar-refractivity contribution < 1.29 is 16.8 Å². The summed E-state index contributed by atoms with van der Waals surface area (Å²) in [5.41, 5.74) is 2.32. The predicted octanol–water partition coefficient (Wildman–Crippen LogP) is 1.75. The Balaban J connectivity index is 2.34. The predicted molar refractivity (Wildman–Crippen MR) is 84.5 cm³/mol. The SMILES string of the molecule is Cc1cc(C)cc(NS(=O)(=O)c2ccc(S(N)(=O)=O)cc2)c1. The summed E-state index contributed by atoms with van der Waals surface area (Å²) in [7, 11) is -7.65. The highest BCUT2D eigenvalue weighted by atomic mass is 32.2. The maximum Gasteiger partial charge on any atom is 0.261 e. The molecular formula is C14H16N2O4S2. The number of benzene rings is 2. The Hall–Kier alpha value is -1.90. The van der Waals surface area contributed by atoms with E-state index in [4.69, 9.17) is 5.14 Å². The Morgan fingerprint density at radius 2 is 1.27 bits per heavy atom. The number of anilines is 1. The molecule has 3 N–H and O–H groups in total. The van der Waals surface area contributed by atoms with E-state index >= 15 is 0 Å². The first kappa shape index (κ1) is 16.5. The zero-order chi connectivity index (χ0) is 16.5. The van der Waals surface area contributed by atoms with Crippen LogP contribution >= 0.6 is 0 Å². The summed E-state index contributed by atoms with van der Waals surface area (Å²) in [5.74, 6) is 0. The molecular weight excluding hydrogens is 324 g/mol. The molecule has 0 aliphatic carbocycles. The van der Waals surface area contributed by atoms with Crippen LogP contribution in [0.3, 0.4) is 0 Å². The first-order valence-electron chi connectivity index (χ1n) is 6.32. The molecule has 0 saturated heterocycles. The van der Waals surface area contributed by atoms with Gasteiger partial charge < -0.3 is 0 Å². The van der Waals surface area contributed by atoms with Crippen molar-refractivity contribution in [2.75, 3.05) is 4.72 Å². The molecule has 22 heavy (non-hydrogen) atoms. The lowest BCUT2D eigenvalue weighted by atomic mass is 10.1. The van der Waals surface area contributed by atoms with E-state index in [1.807, 2.05) is 19.9 Å². The minimum atomic E-state index is -3.85. The van der Waals surface area contributed by atoms with Crippen LogP contribution < -0.4 is 9.86 Å². The zero-order valence-electron chi connectivity index (χ0n) is 12.1. The van der Waals surface area contributed by atoms with Crippen LogP contribution in [0.5, 0.6) is 0 Å². The first-order chi connectivity index (χ1) is 10.1. The molecule has 0 unspecified atom stereocenters. The highest BCUT2D eigenvalue weighted by molar-refractivity contribution is 7.92. The van der Waals surface area contributed by atoms with Crippen LogP contribution in [0.1, 0.15) is 11.1 Å². The first-order valence-corrected chi connectivity index (χ1v) is 9.35. The smallest absolute Gasteiger partial charge is 0.261 e. The molecule has 0 fully saturated rings. The second kappa shape index (κ2) is 5.71. The van der Waals surface area contributed by atoms with Crippen LogP contribution in [-0.2, 0) is 20.0 Å². The molecule has 6 nitrogen and oxygen atoms in total. The van der Waals surface area contributed by atoms with Crippen molar-refractivity contribution >= 4 is 25.7 Å². The molecule has 2 aromatic carbocycles. The molecule has 0 aliphatic heterocycles. The number of nitrogens with two attached hydrogens (primary N) is 1. The molecule has 2 rings (SSSR count). The van der Waals surface area contributed by atoms with Gasteiger partial charge in [0.1, 0.15) is 0 Å². The Morgan fingerprint density at radius 3 is 1.73 bits per heavy atom. The van der Waals surface area contributed by atoms with Crippen LogP contribution in [0.15, 0.2) is 52.3 Å². The molecule has 0 bridgehead atoms. The maximum atomic E-state index is 12.3. The van der Waals surface area contributed by atoms with Gasteiger partial charge in [0.25, 0.3) is 10.0 Å². The van der Waals surface area contributed by atoms with Crippen molar-refractivity contribution in [2.45, 2.75) is 23.6 Å². The van der Waals surface area contributed by atoms with Gasteiger partial charge in [-0.15, -0.1) is 0 Å². The van der Waals surface area contributed by atoms with E-state index in [0.717, 1.165) is 23.3 Å². The largest absolute Gasteiger partial charge is 0.280 e. The van der Waals surface area contributed by atoms with Gasteiger partial charge in [0, 0.05) is 5.69 Å². The standard InChI is InChI=1S/C14H16N2O4S2/c1-10-7-11(2)9-12(8-10)16-22(19,20)14-5-3-13(4-6-14)21(15,17)18/h3-9,16H,1-2H3,(H2,15,17,18). The zero-order valence-corrected chi connectivity index (χ0v) is 13.7. The van der Waals surface area contributed by atoms with Gasteiger partial charge in [-0.1, -0.05) is 6.07 Å². The topological polar surface area (TPSA) is 106 Å². The average Bonchev–Trinajstić information content (AvgIpc) is 2.36. The fraction of sp³-hybridized carbons (Fsp3) is 0.143. The third-order valence-electron chi connectivity index (χ3n) is 2.94. The highest BCUT2D eigenvalue weighted by Crippen LogP contribution is 2.20. The molecule has 0 spiro atoms. The Kier molecular flexibility index (Phi) is 4.28. The van der Waals surface area contributed by atoms with Gasteiger partial charge in [-0.3, -0.25) is 4.72 Å². The summed E-state index contributed by atoms with van der Waals surface area (Å²) < 4.78 is 49.4. The number of primary sulfonamides is 1. The van der Waals surface area contributed by atoms with E-state index in [9.17, 15) is 16.8 Å². The Bertz CT molecular complexity index is 882. The van der Waals surface area contributed by atoms with Crippen LogP contribution in [-0.4, -0.2) is 16.8 Å². The normalized spacial score (nSPS) is 12.1. The van der Waals surface area contributed by atoms with E-state index in [-0.39, 0.29) is 9.79 Å². The van der Waals surface area contributed by atoms with Crippen LogP contribution in [0.2, 0.25) is 0 Å². The number of nitrogens with one attached hydrogen (secondary N) is 1. The van der Waals surface area contributed by atoms with Crippen molar-refractivity contribution in [1.29, 1.82) is 0 Å². The minimum absolute atomic E-state index is 0.0425. The van der Waals surface area contributed by atoms with Crippen molar-refractivity contribution in [3.63, 3.8) is 0 Å². The van der Waals surface area contributed by atoms with Crippen LogP contribution in [0.4, 0.5) is 5.69 Å². The lowest BCUT2D eigenvalue weighted by Crippen LogP contribution is -2.15. The van der Waals surface area contributed by atoms with E-state index < -0.39 is 20.0 Å². The van der Waals surface area contributed by atoms with Crippen molar-refractivity contribution in [3.8, 4) is 0 Å². The number of aryl methyl sites for hydroxylation is 2. The van der Waals surface area contributed by atoms with E-state index in [0.29, 0.717) is 5.69 Å². The second-order valence-corrected chi connectivity index (χ2v) is 8.24. The van der Waals surface area contributed by atoms with Gasteiger partial charge in [0.15, 0.2) is 0 Å². The monoisotopic (exact) mass is 340 g/mol. The second-order valence-electron chi connectivity index (χ2n) is 5.00. The summed E-state index contributed by atoms with van der Waals surface area (Å²) in [6.45, 7) is 3.73. The molecule has 0 atom stereocenters. The van der Waals surface area contributed by atoms with Crippen molar-refractivity contribution in [1.82, 2.24) is 0 Å². The minimum Gasteiger partial charge on any atom is -0.280 e. The van der Waals surface area contributed by atoms with E-state index in [1.54, 1.807) is 12.1 Å². The molecule has 118 valence electrons. The summed E-state index contributed by atoms with van der Waals surface area (Å²) in [6, 6.07) is 10.1. The van der Waals surface area contributed by atoms with Gasteiger partial charge in [0.2, 0.25) is 10.0 Å². The third-order valence-corrected chi connectivity index (χ3v) is 5.26. The van der Waals surface area contributed by atoms with E-state index in [1.165, 1.54) is 12.1 Å². The summed E-state index contributed by atoms with van der Waals surface area (Å²) >= 11 is 0. The Labute approximate surface area is 130 Å². The summed E-state index contributed by atoms with van der Waals surface area (Å²) in [6.07, 6.45) is 0. The number of hydrogen-bond donors (Lipinski definition) is 2. The average molecular weight is 340 g/mol. The molecule has 0 aliphatic rings. The van der Waals surface area contributed by atoms with Gasteiger partial charge in [0.05, 0.1) is 9.79 Å². The Morgan fingerprint density at radius 1 is 0.818 bits per heavy atom. The van der Waals surface area contributed by atoms with Crippen LogP contribution in [0, 0.1) is 13.8 Å². The molecule has 2 aromatic rings. The van der Waals surface area contributed by atoms with Gasteiger partial charge in [-0.25, -0.2) is 22.0 Å². The number of rotatable bonds is 4. The fourth-order valence-electron chi connectivity index (χ4n) is 2.06. The van der Waals surface area contributed by atoms with Crippen molar-refractivity contribution in [2.24, 2.45) is 5.14 Å². The molecule has 0 aromatic heterocycles. The number of hydrogen-bond acceptors (Lipinski definition) is 4. The summed E-state index contributed by atoms with van der Waals surface area (Å²) in [5, 5.41) is 4.98. The quantitative estimate of drug-likeness (QED) is 0.884. The molecule has 0 saturated carbocycles. The lowest BCUT2D eigenvalue weighted by Gasteiger charge is -2.10. The molecule has 8 heteroatoms. The molecule has 0 amide bonds. The lowest BCUT2D eigenvalue weighted by molar-refractivity contribution is 0.595. The molecule has 0 radical (unpaired) electrons. The highest BCUT2D eigenvalue weighted by Gasteiger charge is 2.16. The van der Waals surface area contributed by atoms with E-state index in [2.05, 4.69) is 4.72 Å².